The molecule has 7 nitrogen and oxygen atoms in total. The number of carbonyl (C=O) groups is 3. The third kappa shape index (κ3) is 3.51. The van der Waals surface area contributed by atoms with Crippen LogP contribution in [0.25, 0.3) is 0 Å². The van der Waals surface area contributed by atoms with Gasteiger partial charge in [-0.2, -0.15) is 0 Å². The van der Waals surface area contributed by atoms with Gasteiger partial charge in [0.25, 0.3) is 5.91 Å². The molecular formula is C26H22N2O5. The maximum Gasteiger partial charge on any atom is 0.411 e. The predicted octanol–water partition coefficient (Wildman–Crippen LogP) is 4.12. The fourth-order valence-electron chi connectivity index (χ4n) is 4.56. The van der Waals surface area contributed by atoms with Crippen molar-refractivity contribution >= 4 is 23.7 Å². The summed E-state index contributed by atoms with van der Waals surface area (Å²) in [6, 6.07) is 24.4. The minimum absolute atomic E-state index is 0.196. The first kappa shape index (κ1) is 20.8. The number of carbonyl (C=O) groups excluding carboxylic acids is 3. The summed E-state index contributed by atoms with van der Waals surface area (Å²) in [6.07, 6.45) is -0.496. The highest BCUT2D eigenvalue weighted by atomic mass is 16.6. The zero-order valence-corrected chi connectivity index (χ0v) is 18.0. The van der Waals surface area contributed by atoms with Crippen LogP contribution in [0.3, 0.4) is 0 Å². The zero-order valence-electron chi connectivity index (χ0n) is 18.0. The summed E-state index contributed by atoms with van der Waals surface area (Å²) >= 11 is 0. The number of cyclic esters (lactones) is 1. The second-order valence-electron chi connectivity index (χ2n) is 7.96. The van der Waals surface area contributed by atoms with Gasteiger partial charge in [0, 0.05) is 5.69 Å². The largest absolute Gasteiger partial charge is 0.465 e. The first-order valence-electron chi connectivity index (χ1n) is 10.7. The molecule has 0 unspecified atom stereocenters. The Hall–Kier alpha value is -4.13. The Morgan fingerprint density at radius 3 is 2.06 bits per heavy atom. The molecule has 5 rings (SSSR count). The number of β-lactam (4-membered cyclic amide) rings is 1. The number of anilines is 1. The Labute approximate surface area is 191 Å². The predicted molar refractivity (Wildman–Crippen MR) is 121 cm³/mol. The number of benzene rings is 3. The second kappa shape index (κ2) is 8.43. The summed E-state index contributed by atoms with van der Waals surface area (Å²) in [5.41, 5.74) is 2.87. The van der Waals surface area contributed by atoms with Crippen molar-refractivity contribution in [2.24, 2.45) is 0 Å². The van der Waals surface area contributed by atoms with Gasteiger partial charge in [-0.3, -0.25) is 9.69 Å². The van der Waals surface area contributed by atoms with Crippen LogP contribution in [0.5, 0.6) is 0 Å². The molecule has 166 valence electrons. The van der Waals surface area contributed by atoms with Crippen LogP contribution in [-0.2, 0) is 14.3 Å². The molecule has 3 aromatic rings. The molecule has 7 heteroatoms. The lowest BCUT2D eigenvalue weighted by atomic mass is 9.85. The van der Waals surface area contributed by atoms with Gasteiger partial charge >= 0.3 is 12.1 Å². The van der Waals surface area contributed by atoms with Gasteiger partial charge in [0.2, 0.25) is 0 Å². The maximum atomic E-state index is 13.5. The topological polar surface area (TPSA) is 76.2 Å². The average Bonchev–Trinajstić information content (AvgIpc) is 3.24. The van der Waals surface area contributed by atoms with E-state index in [0.717, 1.165) is 11.1 Å². The molecule has 2 amide bonds. The van der Waals surface area contributed by atoms with E-state index in [1.165, 1.54) is 7.11 Å². The molecule has 0 N–H and O–H groups in total. The highest BCUT2D eigenvalue weighted by Crippen LogP contribution is 2.45. The number of amides is 2. The van der Waals surface area contributed by atoms with E-state index in [0.29, 0.717) is 11.3 Å². The van der Waals surface area contributed by atoms with Crippen LogP contribution >= 0.6 is 0 Å². The molecule has 0 spiro atoms. The van der Waals surface area contributed by atoms with E-state index in [-0.39, 0.29) is 24.6 Å². The van der Waals surface area contributed by atoms with Crippen molar-refractivity contribution in [2.45, 2.75) is 18.1 Å². The minimum atomic E-state index is -0.701. The van der Waals surface area contributed by atoms with Crippen molar-refractivity contribution in [1.82, 2.24) is 4.90 Å². The Kier molecular flexibility index (Phi) is 5.30. The highest BCUT2D eigenvalue weighted by Gasteiger charge is 2.57. The van der Waals surface area contributed by atoms with Crippen LogP contribution in [0.2, 0.25) is 0 Å². The molecule has 2 fully saturated rings. The minimum Gasteiger partial charge on any atom is -0.465 e. The number of hydrogen-bond donors (Lipinski definition) is 0. The number of nitrogens with zero attached hydrogens (tertiary/aromatic N) is 2. The molecule has 0 saturated carbocycles. The molecule has 2 saturated heterocycles. The van der Waals surface area contributed by atoms with E-state index in [9.17, 15) is 14.4 Å². The number of esters is 1. The van der Waals surface area contributed by atoms with E-state index >= 15 is 0 Å². The number of rotatable bonds is 5. The van der Waals surface area contributed by atoms with E-state index in [1.54, 1.807) is 34.1 Å². The third-order valence-electron chi connectivity index (χ3n) is 6.17. The number of methoxy groups -OCH3 is 1. The molecule has 0 aliphatic carbocycles. The average molecular weight is 442 g/mol. The molecule has 0 aromatic heterocycles. The fraction of sp³-hybridized carbons (Fsp3) is 0.192. The van der Waals surface area contributed by atoms with Crippen molar-refractivity contribution in [3.8, 4) is 0 Å². The molecule has 33 heavy (non-hydrogen) atoms. The molecule has 2 heterocycles. The standard InChI is InChI=1S/C26H22N2O5/c1-32-25(30)19-12-14-20(15-13-19)27-22(18-10-6-3-7-11-18)23(24(27)29)28-21(16-33-26(28)31)17-8-4-2-5-9-17/h2-15,21-23H,16H2,1H3/t21-,22-,23+/m0/s1. The van der Waals surface area contributed by atoms with Gasteiger partial charge in [0.05, 0.1) is 24.8 Å². The lowest BCUT2D eigenvalue weighted by Gasteiger charge is -2.51. The Morgan fingerprint density at radius 2 is 1.45 bits per heavy atom. The monoisotopic (exact) mass is 442 g/mol. The summed E-state index contributed by atoms with van der Waals surface area (Å²) < 4.78 is 10.1. The Balaban J connectivity index is 1.52. The van der Waals surface area contributed by atoms with Gasteiger partial charge in [-0.05, 0) is 35.4 Å². The van der Waals surface area contributed by atoms with Crippen LogP contribution in [0.15, 0.2) is 84.9 Å². The van der Waals surface area contributed by atoms with E-state index in [4.69, 9.17) is 9.47 Å². The van der Waals surface area contributed by atoms with Gasteiger partial charge in [-0.25, -0.2) is 9.59 Å². The summed E-state index contributed by atoms with van der Waals surface area (Å²) in [6.45, 7) is 0.196. The van der Waals surface area contributed by atoms with Gasteiger partial charge in [0.1, 0.15) is 12.6 Å². The second-order valence-corrected chi connectivity index (χ2v) is 7.96. The number of hydrogen-bond acceptors (Lipinski definition) is 5. The van der Waals surface area contributed by atoms with E-state index in [1.807, 2.05) is 60.7 Å². The van der Waals surface area contributed by atoms with Crippen molar-refractivity contribution in [1.29, 1.82) is 0 Å². The Morgan fingerprint density at radius 1 is 0.848 bits per heavy atom. The maximum absolute atomic E-state index is 13.5. The smallest absolute Gasteiger partial charge is 0.411 e. The summed E-state index contributed by atoms with van der Waals surface area (Å²) in [5.74, 6) is -0.645. The van der Waals surface area contributed by atoms with Crippen LogP contribution in [0, 0.1) is 0 Å². The van der Waals surface area contributed by atoms with Crippen LogP contribution in [0.4, 0.5) is 10.5 Å². The molecule has 0 bridgehead atoms. The van der Waals surface area contributed by atoms with Crippen molar-refractivity contribution in [3.05, 3.63) is 102 Å². The fourth-order valence-corrected chi connectivity index (χ4v) is 4.56. The van der Waals surface area contributed by atoms with Crippen LogP contribution < -0.4 is 4.90 Å². The SMILES string of the molecule is COC(=O)c1ccc(N2C(=O)[C@H](N3C(=O)OC[C@H]3c3ccccc3)[C@@H]2c2ccccc2)cc1. The van der Waals surface area contributed by atoms with Crippen molar-refractivity contribution in [2.75, 3.05) is 18.6 Å². The molecule has 2 aliphatic heterocycles. The lowest BCUT2D eigenvalue weighted by molar-refractivity contribution is -0.131. The Bertz CT molecular complexity index is 1180. The van der Waals surface area contributed by atoms with Gasteiger partial charge in [0.15, 0.2) is 0 Å². The van der Waals surface area contributed by atoms with Crippen LogP contribution in [-0.4, -0.2) is 42.6 Å². The van der Waals surface area contributed by atoms with E-state index in [2.05, 4.69) is 0 Å². The van der Waals surface area contributed by atoms with Gasteiger partial charge < -0.3 is 14.4 Å². The first-order chi connectivity index (χ1) is 16.1. The summed E-state index contributed by atoms with van der Waals surface area (Å²) in [5, 5.41) is 0. The highest BCUT2D eigenvalue weighted by molar-refractivity contribution is 6.07. The molecule has 0 radical (unpaired) electrons. The molecular weight excluding hydrogens is 420 g/mol. The lowest BCUT2D eigenvalue weighted by Crippen LogP contribution is -2.66. The molecule has 3 atom stereocenters. The van der Waals surface area contributed by atoms with Crippen molar-refractivity contribution < 1.29 is 23.9 Å². The molecule has 3 aromatic carbocycles. The molecule has 2 aliphatic rings. The van der Waals surface area contributed by atoms with Gasteiger partial charge in [-0.1, -0.05) is 60.7 Å². The normalized spacial score (nSPS) is 22.0. The number of ether oxygens (including phenoxy) is 2. The summed E-state index contributed by atoms with van der Waals surface area (Å²) in [4.78, 5) is 41.3. The van der Waals surface area contributed by atoms with E-state index < -0.39 is 18.1 Å². The zero-order chi connectivity index (χ0) is 22.9. The van der Waals surface area contributed by atoms with Crippen LogP contribution in [0.1, 0.15) is 33.6 Å². The summed E-state index contributed by atoms with van der Waals surface area (Å²) in [7, 11) is 1.32. The third-order valence-corrected chi connectivity index (χ3v) is 6.17. The van der Waals surface area contributed by atoms with Crippen molar-refractivity contribution in [3.63, 3.8) is 0 Å². The quantitative estimate of drug-likeness (QED) is 0.439. The van der Waals surface area contributed by atoms with Gasteiger partial charge in [-0.15, -0.1) is 0 Å². The first-order valence-corrected chi connectivity index (χ1v) is 10.7.